The first-order chi connectivity index (χ1) is 13.6. The molecule has 3 rings (SSSR count). The van der Waals surface area contributed by atoms with Gasteiger partial charge in [-0.25, -0.2) is 4.79 Å². The molecule has 148 valence electrons. The van der Waals surface area contributed by atoms with Gasteiger partial charge < -0.3 is 14.4 Å². The molecule has 0 spiro atoms. The first-order valence-electron chi connectivity index (χ1n) is 9.38. The lowest BCUT2D eigenvalue weighted by Crippen LogP contribution is -2.49. The first-order valence-corrected chi connectivity index (χ1v) is 9.38. The summed E-state index contributed by atoms with van der Waals surface area (Å²) >= 11 is 0. The molecule has 6 heteroatoms. The van der Waals surface area contributed by atoms with Gasteiger partial charge in [0.25, 0.3) is 0 Å². The first kappa shape index (κ1) is 19.9. The minimum atomic E-state index is -0.298. The lowest BCUT2D eigenvalue weighted by molar-refractivity contribution is -0.139. The summed E-state index contributed by atoms with van der Waals surface area (Å²) in [7, 11) is 3.43. The van der Waals surface area contributed by atoms with E-state index in [-0.39, 0.29) is 31.1 Å². The number of hydrogen-bond donors (Lipinski definition) is 0. The molecular weight excluding hydrogens is 356 g/mol. The average Bonchev–Trinajstić information content (AvgIpc) is 2.73. The van der Waals surface area contributed by atoms with Crippen molar-refractivity contribution >= 4 is 12.1 Å². The van der Waals surface area contributed by atoms with Crippen molar-refractivity contribution in [1.29, 1.82) is 0 Å². The predicted octanol–water partition coefficient (Wildman–Crippen LogP) is 3.03. The predicted molar refractivity (Wildman–Crippen MR) is 106 cm³/mol. The topological polar surface area (TPSA) is 59.1 Å². The van der Waals surface area contributed by atoms with Crippen LogP contribution in [0.1, 0.15) is 22.7 Å². The van der Waals surface area contributed by atoms with Crippen molar-refractivity contribution in [3.8, 4) is 0 Å². The Bertz CT molecular complexity index is 809. The summed E-state index contributed by atoms with van der Waals surface area (Å²) in [6.45, 7) is 2.20. The Hall–Kier alpha value is -2.86. The number of carbonyl (C=O) groups excluding carboxylic acids is 2. The number of methoxy groups -OCH3 is 1. The molecule has 0 radical (unpaired) electrons. The Morgan fingerprint density at radius 3 is 2.54 bits per heavy atom. The Morgan fingerprint density at radius 2 is 1.79 bits per heavy atom. The molecule has 1 atom stereocenters. The molecule has 2 aromatic rings. The van der Waals surface area contributed by atoms with Crippen LogP contribution in [-0.2, 0) is 27.3 Å². The van der Waals surface area contributed by atoms with Crippen LogP contribution in [-0.4, -0.2) is 55.7 Å². The molecule has 0 N–H and O–H groups in total. The molecule has 1 unspecified atom stereocenters. The summed E-state index contributed by atoms with van der Waals surface area (Å²) in [6.07, 6.45) is -0.0588. The van der Waals surface area contributed by atoms with E-state index in [0.29, 0.717) is 13.1 Å². The molecular formula is C22H26N2O4. The molecule has 0 bridgehead atoms. The summed E-state index contributed by atoms with van der Waals surface area (Å²) < 4.78 is 10.2. The van der Waals surface area contributed by atoms with Crippen LogP contribution >= 0.6 is 0 Å². The third-order valence-electron chi connectivity index (χ3n) is 5.02. The van der Waals surface area contributed by atoms with E-state index in [0.717, 1.165) is 23.2 Å². The summed E-state index contributed by atoms with van der Waals surface area (Å²) in [5.41, 5.74) is 2.95. The normalized spacial score (nSPS) is 17.2. The van der Waals surface area contributed by atoms with Gasteiger partial charge in [-0.05, 0) is 23.7 Å². The second-order valence-corrected chi connectivity index (χ2v) is 6.98. The highest BCUT2D eigenvalue weighted by Crippen LogP contribution is 2.25. The van der Waals surface area contributed by atoms with Crippen molar-refractivity contribution in [2.75, 3.05) is 33.8 Å². The van der Waals surface area contributed by atoms with Crippen LogP contribution in [0, 0.1) is 0 Å². The Labute approximate surface area is 165 Å². The van der Waals surface area contributed by atoms with Gasteiger partial charge in [-0.2, -0.15) is 0 Å². The SMILES string of the molecule is COC(=O)Cc1cccc(C2CN(C(=O)OCc3ccccc3)CCN2C)c1. The van der Waals surface area contributed by atoms with Gasteiger partial charge in [-0.15, -0.1) is 0 Å². The maximum absolute atomic E-state index is 12.5. The number of piperazine rings is 1. The van der Waals surface area contributed by atoms with Crippen LogP contribution in [0.5, 0.6) is 0 Å². The third-order valence-corrected chi connectivity index (χ3v) is 5.02. The lowest BCUT2D eigenvalue weighted by atomic mass is 9.99. The largest absolute Gasteiger partial charge is 0.469 e. The van der Waals surface area contributed by atoms with Gasteiger partial charge >= 0.3 is 12.1 Å². The van der Waals surface area contributed by atoms with E-state index in [9.17, 15) is 9.59 Å². The van der Waals surface area contributed by atoms with Crippen molar-refractivity contribution in [2.45, 2.75) is 19.1 Å². The number of amides is 1. The number of rotatable bonds is 5. The highest BCUT2D eigenvalue weighted by atomic mass is 16.6. The fourth-order valence-electron chi connectivity index (χ4n) is 3.36. The van der Waals surface area contributed by atoms with Gasteiger partial charge in [0.1, 0.15) is 6.61 Å². The van der Waals surface area contributed by atoms with E-state index in [4.69, 9.17) is 9.47 Å². The number of benzene rings is 2. The lowest BCUT2D eigenvalue weighted by Gasteiger charge is -2.39. The van der Waals surface area contributed by atoms with Crippen LogP contribution in [0.4, 0.5) is 4.79 Å². The number of nitrogens with zero attached hydrogens (tertiary/aromatic N) is 2. The van der Waals surface area contributed by atoms with Crippen molar-refractivity contribution in [2.24, 2.45) is 0 Å². The number of carbonyl (C=O) groups is 2. The van der Waals surface area contributed by atoms with E-state index in [1.165, 1.54) is 7.11 Å². The Morgan fingerprint density at radius 1 is 1.04 bits per heavy atom. The standard InChI is InChI=1S/C22H26N2O4/c1-23-11-12-24(22(26)28-16-17-7-4-3-5-8-17)15-20(23)19-10-6-9-18(13-19)14-21(25)27-2/h3-10,13,20H,11-12,14-16H2,1-2H3. The highest BCUT2D eigenvalue weighted by molar-refractivity contribution is 5.72. The molecule has 6 nitrogen and oxygen atoms in total. The van der Waals surface area contributed by atoms with E-state index < -0.39 is 0 Å². The van der Waals surface area contributed by atoms with E-state index in [1.54, 1.807) is 4.90 Å². The number of likely N-dealkylation sites (N-methyl/N-ethyl adjacent to an activating group) is 1. The molecule has 1 heterocycles. The smallest absolute Gasteiger partial charge is 0.410 e. The minimum absolute atomic E-state index is 0.0515. The maximum Gasteiger partial charge on any atom is 0.410 e. The molecule has 0 aromatic heterocycles. The molecule has 28 heavy (non-hydrogen) atoms. The van der Waals surface area contributed by atoms with Crippen molar-refractivity contribution < 1.29 is 19.1 Å². The van der Waals surface area contributed by atoms with Gasteiger partial charge in [0, 0.05) is 19.6 Å². The Kier molecular flexibility index (Phi) is 6.66. The van der Waals surface area contributed by atoms with E-state index in [1.807, 2.05) is 61.6 Å². The minimum Gasteiger partial charge on any atom is -0.469 e. The maximum atomic E-state index is 12.5. The summed E-state index contributed by atoms with van der Waals surface area (Å²) in [5.74, 6) is -0.264. The second kappa shape index (κ2) is 9.37. The summed E-state index contributed by atoms with van der Waals surface area (Å²) in [4.78, 5) is 28.1. The fourth-order valence-corrected chi connectivity index (χ4v) is 3.36. The zero-order valence-corrected chi connectivity index (χ0v) is 16.3. The number of hydrogen-bond acceptors (Lipinski definition) is 5. The van der Waals surface area contributed by atoms with Gasteiger partial charge in [0.05, 0.1) is 19.6 Å². The van der Waals surface area contributed by atoms with Crippen LogP contribution in [0.15, 0.2) is 54.6 Å². The zero-order chi connectivity index (χ0) is 19.9. The molecule has 1 amide bonds. The molecule has 1 aliphatic rings. The molecule has 0 aliphatic carbocycles. The monoisotopic (exact) mass is 382 g/mol. The summed E-state index contributed by atoms with van der Waals surface area (Å²) in [5, 5.41) is 0. The fraction of sp³-hybridized carbons (Fsp3) is 0.364. The van der Waals surface area contributed by atoms with Crippen LogP contribution in [0.3, 0.4) is 0 Å². The van der Waals surface area contributed by atoms with Gasteiger partial charge in [0.15, 0.2) is 0 Å². The Balaban J connectivity index is 1.64. The van der Waals surface area contributed by atoms with Crippen LogP contribution in [0.25, 0.3) is 0 Å². The van der Waals surface area contributed by atoms with Crippen molar-refractivity contribution in [3.63, 3.8) is 0 Å². The van der Waals surface area contributed by atoms with E-state index >= 15 is 0 Å². The molecule has 1 fully saturated rings. The van der Waals surface area contributed by atoms with Crippen molar-refractivity contribution in [3.05, 3.63) is 71.3 Å². The number of ether oxygens (including phenoxy) is 2. The quantitative estimate of drug-likeness (QED) is 0.744. The zero-order valence-electron chi connectivity index (χ0n) is 16.3. The van der Waals surface area contributed by atoms with E-state index in [2.05, 4.69) is 4.90 Å². The molecule has 1 aliphatic heterocycles. The van der Waals surface area contributed by atoms with Crippen LogP contribution < -0.4 is 0 Å². The van der Waals surface area contributed by atoms with Crippen LogP contribution in [0.2, 0.25) is 0 Å². The number of esters is 1. The van der Waals surface area contributed by atoms with Gasteiger partial charge in [0.2, 0.25) is 0 Å². The second-order valence-electron chi connectivity index (χ2n) is 6.98. The highest BCUT2D eigenvalue weighted by Gasteiger charge is 2.29. The average molecular weight is 382 g/mol. The third kappa shape index (κ3) is 5.10. The molecule has 1 saturated heterocycles. The molecule has 2 aromatic carbocycles. The van der Waals surface area contributed by atoms with Crippen molar-refractivity contribution in [1.82, 2.24) is 9.80 Å². The molecule has 0 saturated carbocycles. The van der Waals surface area contributed by atoms with Gasteiger partial charge in [-0.1, -0.05) is 54.6 Å². The van der Waals surface area contributed by atoms with Gasteiger partial charge in [-0.3, -0.25) is 9.69 Å². The summed E-state index contributed by atoms with van der Waals surface area (Å²) in [6, 6.07) is 17.6.